The molecule has 3 rings (SSSR count). The van der Waals surface area contributed by atoms with Gasteiger partial charge in [0.05, 0.1) is 18.0 Å². The van der Waals surface area contributed by atoms with Crippen LogP contribution in [0, 0.1) is 0 Å². The molecule has 1 N–H and O–H groups in total. The SMILES string of the molecule is C/C=C\C=C/CN1CCN(C(=S)N/N=C2/CCOC3C2=NC=CC3P)CC1C. The first-order valence-corrected chi connectivity index (χ1v) is 10.9. The van der Waals surface area contributed by atoms with E-state index < -0.39 is 0 Å². The van der Waals surface area contributed by atoms with Crippen LogP contribution in [0.25, 0.3) is 0 Å². The lowest BCUT2D eigenvalue weighted by Crippen LogP contribution is -2.55. The van der Waals surface area contributed by atoms with Gasteiger partial charge < -0.3 is 9.64 Å². The van der Waals surface area contributed by atoms with Crippen molar-refractivity contribution in [1.82, 2.24) is 15.2 Å². The molecule has 3 aliphatic rings. The summed E-state index contributed by atoms with van der Waals surface area (Å²) >= 11 is 5.60. The Morgan fingerprint density at radius 3 is 3.11 bits per heavy atom. The molecule has 28 heavy (non-hydrogen) atoms. The van der Waals surface area contributed by atoms with Crippen LogP contribution in [0.15, 0.2) is 46.7 Å². The summed E-state index contributed by atoms with van der Waals surface area (Å²) in [6, 6.07) is 0.439. The van der Waals surface area contributed by atoms with Crippen molar-refractivity contribution < 1.29 is 4.74 Å². The fraction of sp³-hybridized carbons (Fsp3) is 0.550. The van der Waals surface area contributed by atoms with Gasteiger partial charge >= 0.3 is 0 Å². The zero-order chi connectivity index (χ0) is 19.9. The molecule has 3 heterocycles. The highest BCUT2D eigenvalue weighted by atomic mass is 32.1. The minimum absolute atomic E-state index is 0.0305. The molecule has 0 aromatic carbocycles. The number of rotatable bonds is 4. The Labute approximate surface area is 175 Å². The quantitative estimate of drug-likeness (QED) is 0.328. The first-order valence-electron chi connectivity index (χ1n) is 9.85. The molecule has 152 valence electrons. The number of nitrogens with zero attached hydrogens (tertiary/aromatic N) is 4. The molecule has 3 aliphatic heterocycles. The Morgan fingerprint density at radius 2 is 2.32 bits per heavy atom. The third-order valence-electron chi connectivity index (χ3n) is 5.19. The number of nitrogens with one attached hydrogen (secondary N) is 1. The van der Waals surface area contributed by atoms with Crippen LogP contribution in [-0.2, 0) is 4.74 Å². The average Bonchev–Trinajstić information content (AvgIpc) is 2.70. The van der Waals surface area contributed by atoms with Gasteiger partial charge in [-0.1, -0.05) is 30.4 Å². The summed E-state index contributed by atoms with van der Waals surface area (Å²) in [6.07, 6.45) is 13.0. The second-order valence-corrected chi connectivity index (χ2v) is 8.35. The Bertz CT molecular complexity index is 717. The van der Waals surface area contributed by atoms with Crippen molar-refractivity contribution in [1.29, 1.82) is 0 Å². The maximum absolute atomic E-state index is 5.85. The van der Waals surface area contributed by atoms with Gasteiger partial charge in [-0.25, -0.2) is 0 Å². The molecule has 6 nitrogen and oxygen atoms in total. The van der Waals surface area contributed by atoms with E-state index in [1.807, 2.05) is 25.3 Å². The molecule has 2 saturated heterocycles. The standard InChI is InChI=1S/C20H30N5OPS/c1-3-4-5-6-10-24-11-12-25(14-15(24)2)20(28)23-22-16-8-13-26-19-17(27)7-9-21-18(16)19/h3-7,9,15,17,19H,8,10-14,27H2,1-2H3,(H,23,28)/b4-3-,6-5-,22-16-. The zero-order valence-corrected chi connectivity index (χ0v) is 18.6. The summed E-state index contributed by atoms with van der Waals surface area (Å²) in [4.78, 5) is 9.16. The number of allylic oxidation sites excluding steroid dienone is 3. The first-order chi connectivity index (χ1) is 13.6. The van der Waals surface area contributed by atoms with Crippen LogP contribution in [-0.4, -0.2) is 76.9 Å². The predicted molar refractivity (Wildman–Crippen MR) is 124 cm³/mol. The van der Waals surface area contributed by atoms with Crippen LogP contribution in [0.2, 0.25) is 0 Å². The molecule has 2 fully saturated rings. The average molecular weight is 420 g/mol. The highest BCUT2D eigenvalue weighted by molar-refractivity contribution is 7.80. The van der Waals surface area contributed by atoms with Crippen molar-refractivity contribution in [2.75, 3.05) is 32.8 Å². The van der Waals surface area contributed by atoms with Crippen LogP contribution in [0.1, 0.15) is 20.3 Å². The number of ether oxygens (including phenoxy) is 1. The lowest BCUT2D eigenvalue weighted by molar-refractivity contribution is 0.103. The fourth-order valence-electron chi connectivity index (χ4n) is 3.55. The van der Waals surface area contributed by atoms with Gasteiger partial charge in [0.25, 0.3) is 0 Å². The molecule has 0 bridgehead atoms. The second-order valence-electron chi connectivity index (χ2n) is 7.19. The minimum atomic E-state index is -0.0305. The predicted octanol–water partition coefficient (Wildman–Crippen LogP) is 2.36. The van der Waals surface area contributed by atoms with Gasteiger partial charge in [-0.2, -0.15) is 5.10 Å². The van der Waals surface area contributed by atoms with Crippen LogP contribution in [0.4, 0.5) is 0 Å². The molecule has 4 unspecified atom stereocenters. The highest BCUT2D eigenvalue weighted by Gasteiger charge is 2.32. The normalized spacial score (nSPS) is 30.1. The highest BCUT2D eigenvalue weighted by Crippen LogP contribution is 2.22. The lowest BCUT2D eigenvalue weighted by Gasteiger charge is -2.40. The van der Waals surface area contributed by atoms with E-state index >= 15 is 0 Å². The van der Waals surface area contributed by atoms with Crippen LogP contribution >= 0.6 is 21.5 Å². The molecule has 0 aliphatic carbocycles. The van der Waals surface area contributed by atoms with Gasteiger partial charge in [-0.15, -0.1) is 9.24 Å². The zero-order valence-electron chi connectivity index (χ0n) is 16.6. The van der Waals surface area contributed by atoms with Crippen molar-refractivity contribution in [2.45, 2.75) is 38.1 Å². The van der Waals surface area contributed by atoms with Crippen molar-refractivity contribution >= 4 is 38.0 Å². The van der Waals surface area contributed by atoms with Gasteiger partial charge in [-0.3, -0.25) is 15.3 Å². The molecular weight excluding hydrogens is 389 g/mol. The van der Waals surface area contributed by atoms with E-state index in [9.17, 15) is 0 Å². The molecule has 0 aromatic heterocycles. The summed E-state index contributed by atoms with van der Waals surface area (Å²) in [5.74, 6) is 0. The van der Waals surface area contributed by atoms with Gasteiger partial charge in [0, 0.05) is 50.5 Å². The molecular formula is C20H30N5OPS. The molecule has 0 spiro atoms. The number of fused-ring (bicyclic) bond motifs is 1. The second kappa shape index (κ2) is 10.4. The Hall–Kier alpha value is -1.40. The maximum Gasteiger partial charge on any atom is 0.189 e. The van der Waals surface area contributed by atoms with Crippen molar-refractivity contribution in [3.63, 3.8) is 0 Å². The Kier molecular flexibility index (Phi) is 7.91. The third-order valence-corrected chi connectivity index (χ3v) is 6.11. The van der Waals surface area contributed by atoms with Gasteiger partial charge in [-0.05, 0) is 26.1 Å². The van der Waals surface area contributed by atoms with Crippen molar-refractivity contribution in [2.24, 2.45) is 10.1 Å². The van der Waals surface area contributed by atoms with E-state index in [0.29, 0.717) is 17.8 Å². The minimum Gasteiger partial charge on any atom is -0.370 e. The van der Waals surface area contributed by atoms with Crippen LogP contribution in [0.3, 0.4) is 0 Å². The maximum atomic E-state index is 5.85. The summed E-state index contributed by atoms with van der Waals surface area (Å²) in [7, 11) is 2.80. The van der Waals surface area contributed by atoms with E-state index in [-0.39, 0.29) is 11.8 Å². The molecule has 0 amide bonds. The monoisotopic (exact) mass is 419 g/mol. The molecule has 0 saturated carbocycles. The summed E-state index contributed by atoms with van der Waals surface area (Å²) < 4.78 is 5.85. The van der Waals surface area contributed by atoms with Crippen LogP contribution in [0.5, 0.6) is 0 Å². The van der Waals surface area contributed by atoms with Gasteiger partial charge in [0.15, 0.2) is 5.11 Å². The molecule has 8 heteroatoms. The smallest absolute Gasteiger partial charge is 0.189 e. The largest absolute Gasteiger partial charge is 0.370 e. The first kappa shape index (κ1) is 21.3. The molecule has 0 radical (unpaired) electrons. The van der Waals surface area contributed by atoms with E-state index in [0.717, 1.165) is 44.0 Å². The number of hydrogen-bond acceptors (Lipinski definition) is 5. The van der Waals surface area contributed by atoms with E-state index in [4.69, 9.17) is 17.0 Å². The van der Waals surface area contributed by atoms with E-state index in [1.165, 1.54) is 0 Å². The number of aliphatic imine (C=N–C) groups is 1. The van der Waals surface area contributed by atoms with Crippen LogP contribution < -0.4 is 5.43 Å². The number of thiocarbonyl (C=S) groups is 1. The number of hydrogen-bond donors (Lipinski definition) is 1. The van der Waals surface area contributed by atoms with Gasteiger partial charge in [0.2, 0.25) is 0 Å². The molecule has 4 atom stereocenters. The summed E-state index contributed by atoms with van der Waals surface area (Å²) in [5.41, 5.74) is 5.19. The van der Waals surface area contributed by atoms with E-state index in [1.54, 1.807) is 0 Å². The number of hydrazone groups is 1. The lowest BCUT2D eigenvalue weighted by atomic mass is 9.99. The molecule has 0 aromatic rings. The Morgan fingerprint density at radius 1 is 1.46 bits per heavy atom. The Balaban J connectivity index is 1.53. The summed E-state index contributed by atoms with van der Waals surface area (Å²) in [6.45, 7) is 8.69. The van der Waals surface area contributed by atoms with E-state index in [2.05, 4.69) is 59.7 Å². The van der Waals surface area contributed by atoms with Crippen molar-refractivity contribution in [3.05, 3.63) is 36.6 Å². The number of piperazine rings is 1. The van der Waals surface area contributed by atoms with Crippen molar-refractivity contribution in [3.8, 4) is 0 Å². The summed E-state index contributed by atoms with van der Waals surface area (Å²) in [5, 5.41) is 5.27. The van der Waals surface area contributed by atoms with Gasteiger partial charge in [0.1, 0.15) is 6.10 Å². The topological polar surface area (TPSA) is 52.5 Å². The fourth-order valence-corrected chi connectivity index (χ4v) is 4.16. The third kappa shape index (κ3) is 5.35.